The maximum Gasteiger partial charge on any atom is 0.125 e. The molecule has 21 heavy (non-hydrogen) atoms. The second-order valence-electron chi connectivity index (χ2n) is 4.93. The lowest BCUT2D eigenvalue weighted by Gasteiger charge is -2.13. The van der Waals surface area contributed by atoms with Crippen LogP contribution in [0.2, 0.25) is 5.02 Å². The molecule has 0 radical (unpaired) electrons. The second-order valence-corrected chi connectivity index (χ2v) is 5.36. The Bertz CT molecular complexity index is 390. The topological polar surface area (TPSA) is 39.7 Å². The number of rotatable bonds is 11. The van der Waals surface area contributed by atoms with Crippen LogP contribution in [-0.2, 0) is 9.47 Å². The van der Waals surface area contributed by atoms with Crippen LogP contribution in [-0.4, -0.2) is 46.6 Å². The summed E-state index contributed by atoms with van der Waals surface area (Å²) in [5, 5.41) is 4.04. The van der Waals surface area contributed by atoms with E-state index >= 15 is 0 Å². The second kappa shape index (κ2) is 10.9. The van der Waals surface area contributed by atoms with Crippen molar-refractivity contribution >= 4 is 11.6 Å². The molecule has 0 aliphatic carbocycles. The van der Waals surface area contributed by atoms with Crippen molar-refractivity contribution < 1.29 is 14.2 Å². The minimum atomic E-state index is 0.549. The summed E-state index contributed by atoms with van der Waals surface area (Å²) in [5.74, 6) is 0.903. The molecule has 0 amide bonds. The molecule has 0 heterocycles. The highest BCUT2D eigenvalue weighted by molar-refractivity contribution is 6.30. The molecule has 1 aromatic carbocycles. The summed E-state index contributed by atoms with van der Waals surface area (Å²) in [5.41, 5.74) is 2.11. The Morgan fingerprint density at radius 2 is 1.71 bits per heavy atom. The third kappa shape index (κ3) is 7.67. The van der Waals surface area contributed by atoms with Crippen LogP contribution >= 0.6 is 11.6 Å². The number of halogens is 1. The van der Waals surface area contributed by atoms with E-state index in [-0.39, 0.29) is 0 Å². The molecular weight excluding hydrogens is 290 g/mol. The molecule has 0 spiro atoms. The maximum atomic E-state index is 5.99. The zero-order valence-electron chi connectivity index (χ0n) is 13.2. The fourth-order valence-corrected chi connectivity index (χ4v) is 2.37. The molecule has 1 aromatic rings. The highest BCUT2D eigenvalue weighted by atomic mass is 35.5. The summed E-state index contributed by atoms with van der Waals surface area (Å²) in [6, 6.07) is 3.82. The molecule has 1 N–H and O–H groups in total. The first-order valence-corrected chi connectivity index (χ1v) is 7.70. The van der Waals surface area contributed by atoms with Crippen LogP contribution in [0.25, 0.3) is 0 Å². The number of hydrogen-bond acceptors (Lipinski definition) is 4. The van der Waals surface area contributed by atoms with Crippen molar-refractivity contribution in [1.29, 1.82) is 0 Å². The van der Waals surface area contributed by atoms with Crippen molar-refractivity contribution in [1.82, 2.24) is 5.32 Å². The Labute approximate surface area is 132 Å². The molecule has 1 rings (SSSR count). The summed E-state index contributed by atoms with van der Waals surface area (Å²) < 4.78 is 16.3. The molecule has 0 aromatic heterocycles. The summed E-state index contributed by atoms with van der Waals surface area (Å²) >= 11 is 5.99. The van der Waals surface area contributed by atoms with Crippen LogP contribution < -0.4 is 10.1 Å². The van der Waals surface area contributed by atoms with Crippen molar-refractivity contribution in [3.05, 3.63) is 28.3 Å². The summed E-state index contributed by atoms with van der Waals surface area (Å²) in [7, 11) is 1.72. The van der Waals surface area contributed by atoms with Crippen LogP contribution in [0, 0.1) is 13.8 Å². The predicted molar refractivity (Wildman–Crippen MR) is 86.6 cm³/mol. The standard InChI is InChI=1S/C16H26ClNO3/c1-13-11-15(17)12-14(2)16(13)21-10-9-20-8-6-18-5-4-7-19-3/h11-12,18H,4-10H2,1-3H3. The number of ether oxygens (including phenoxy) is 3. The number of aryl methyl sites for hydroxylation is 2. The van der Waals surface area contributed by atoms with E-state index in [1.165, 1.54) is 0 Å². The molecular formula is C16H26ClNO3. The SMILES string of the molecule is COCCCNCCOCCOc1c(C)cc(Cl)cc1C. The number of benzene rings is 1. The van der Waals surface area contributed by atoms with Gasteiger partial charge in [-0.05, 0) is 50.1 Å². The average molecular weight is 316 g/mol. The zero-order valence-corrected chi connectivity index (χ0v) is 14.0. The van der Waals surface area contributed by atoms with Gasteiger partial charge in [0.25, 0.3) is 0 Å². The average Bonchev–Trinajstić information content (AvgIpc) is 2.43. The van der Waals surface area contributed by atoms with Crippen LogP contribution in [0.15, 0.2) is 12.1 Å². The lowest BCUT2D eigenvalue weighted by atomic mass is 10.1. The van der Waals surface area contributed by atoms with Gasteiger partial charge in [-0.2, -0.15) is 0 Å². The Hall–Kier alpha value is -0.810. The van der Waals surface area contributed by atoms with E-state index in [2.05, 4.69) is 5.32 Å². The normalized spacial score (nSPS) is 10.9. The molecule has 0 fully saturated rings. The van der Waals surface area contributed by atoms with Crippen LogP contribution in [0.1, 0.15) is 17.5 Å². The molecule has 120 valence electrons. The van der Waals surface area contributed by atoms with E-state index in [0.717, 1.165) is 48.0 Å². The molecule has 5 heteroatoms. The van der Waals surface area contributed by atoms with Gasteiger partial charge < -0.3 is 19.5 Å². The molecule has 0 bridgehead atoms. The highest BCUT2D eigenvalue weighted by Crippen LogP contribution is 2.26. The Morgan fingerprint density at radius 3 is 2.38 bits per heavy atom. The molecule has 0 aliphatic heterocycles. The van der Waals surface area contributed by atoms with Crippen LogP contribution in [0.5, 0.6) is 5.75 Å². The first-order valence-electron chi connectivity index (χ1n) is 7.32. The van der Waals surface area contributed by atoms with Gasteiger partial charge in [0.15, 0.2) is 0 Å². The van der Waals surface area contributed by atoms with Crippen LogP contribution in [0.3, 0.4) is 0 Å². The van der Waals surface area contributed by atoms with Gasteiger partial charge in [0, 0.05) is 25.3 Å². The molecule has 0 saturated heterocycles. The summed E-state index contributed by atoms with van der Waals surface area (Å²) in [6.45, 7) is 8.42. The van der Waals surface area contributed by atoms with Crippen molar-refractivity contribution in [2.45, 2.75) is 20.3 Å². The summed E-state index contributed by atoms with van der Waals surface area (Å²) in [6.07, 6.45) is 1.02. The van der Waals surface area contributed by atoms with Gasteiger partial charge in [-0.3, -0.25) is 0 Å². The minimum absolute atomic E-state index is 0.549. The van der Waals surface area contributed by atoms with Crippen molar-refractivity contribution in [3.63, 3.8) is 0 Å². The Morgan fingerprint density at radius 1 is 1.00 bits per heavy atom. The zero-order chi connectivity index (χ0) is 15.5. The molecule has 0 saturated carbocycles. The predicted octanol–water partition coefficient (Wildman–Crippen LogP) is 2.98. The monoisotopic (exact) mass is 315 g/mol. The molecule has 4 nitrogen and oxygen atoms in total. The van der Waals surface area contributed by atoms with Gasteiger partial charge in [0.1, 0.15) is 12.4 Å². The Kier molecular flexibility index (Phi) is 9.42. The number of nitrogens with one attached hydrogen (secondary N) is 1. The van der Waals surface area contributed by atoms with Gasteiger partial charge in [0.05, 0.1) is 13.2 Å². The van der Waals surface area contributed by atoms with Gasteiger partial charge in [-0.15, -0.1) is 0 Å². The lowest BCUT2D eigenvalue weighted by molar-refractivity contribution is 0.101. The third-order valence-corrected chi connectivity index (χ3v) is 3.24. The number of methoxy groups -OCH3 is 1. The van der Waals surface area contributed by atoms with E-state index in [4.69, 9.17) is 25.8 Å². The van der Waals surface area contributed by atoms with E-state index in [9.17, 15) is 0 Å². The van der Waals surface area contributed by atoms with Crippen molar-refractivity contribution in [2.75, 3.05) is 46.6 Å². The van der Waals surface area contributed by atoms with Gasteiger partial charge in [-0.1, -0.05) is 11.6 Å². The molecule has 0 atom stereocenters. The van der Waals surface area contributed by atoms with Crippen molar-refractivity contribution in [3.8, 4) is 5.75 Å². The first-order chi connectivity index (χ1) is 10.1. The Balaban J connectivity index is 2.07. The summed E-state index contributed by atoms with van der Waals surface area (Å²) in [4.78, 5) is 0. The first kappa shape index (κ1) is 18.2. The fourth-order valence-electron chi connectivity index (χ4n) is 2.04. The van der Waals surface area contributed by atoms with Crippen molar-refractivity contribution in [2.24, 2.45) is 0 Å². The maximum absolute atomic E-state index is 5.99. The smallest absolute Gasteiger partial charge is 0.125 e. The van der Waals surface area contributed by atoms with E-state index in [0.29, 0.717) is 19.8 Å². The van der Waals surface area contributed by atoms with E-state index < -0.39 is 0 Å². The van der Waals surface area contributed by atoms with E-state index in [1.807, 2.05) is 26.0 Å². The van der Waals surface area contributed by atoms with E-state index in [1.54, 1.807) is 7.11 Å². The fraction of sp³-hybridized carbons (Fsp3) is 0.625. The number of hydrogen-bond donors (Lipinski definition) is 1. The largest absolute Gasteiger partial charge is 0.491 e. The van der Waals surface area contributed by atoms with Gasteiger partial charge in [-0.25, -0.2) is 0 Å². The van der Waals surface area contributed by atoms with Crippen LogP contribution in [0.4, 0.5) is 0 Å². The molecule has 0 aliphatic rings. The third-order valence-electron chi connectivity index (χ3n) is 3.02. The quantitative estimate of drug-likeness (QED) is 0.637. The molecule has 0 unspecified atom stereocenters. The highest BCUT2D eigenvalue weighted by Gasteiger charge is 2.05. The lowest BCUT2D eigenvalue weighted by Crippen LogP contribution is -2.22. The van der Waals surface area contributed by atoms with Gasteiger partial charge in [0.2, 0.25) is 0 Å². The van der Waals surface area contributed by atoms with Gasteiger partial charge >= 0.3 is 0 Å². The minimum Gasteiger partial charge on any atom is -0.491 e.